The molecule has 1 atom stereocenters. The number of hydrogen-bond acceptors (Lipinski definition) is 4. The van der Waals surface area contributed by atoms with Crippen LogP contribution in [0.2, 0.25) is 0 Å². The molecular formula is C14H17N3O. The Morgan fingerprint density at radius 2 is 2.00 bits per heavy atom. The van der Waals surface area contributed by atoms with E-state index in [0.717, 1.165) is 18.7 Å². The summed E-state index contributed by atoms with van der Waals surface area (Å²) in [4.78, 5) is 4.48. The summed E-state index contributed by atoms with van der Waals surface area (Å²) >= 11 is 0. The third kappa shape index (κ3) is 1.64. The van der Waals surface area contributed by atoms with Crippen LogP contribution in [0.1, 0.15) is 49.5 Å². The maximum atomic E-state index is 5.77. The molecule has 3 rings (SSSR count). The zero-order valence-electron chi connectivity index (χ0n) is 10.5. The van der Waals surface area contributed by atoms with Crippen LogP contribution in [-0.2, 0) is 5.41 Å². The summed E-state index contributed by atoms with van der Waals surface area (Å²) in [6.07, 6.45) is 3.36. The number of nitrogens with two attached hydrogens (primary N) is 1. The molecule has 0 saturated heterocycles. The lowest BCUT2D eigenvalue weighted by Gasteiger charge is -2.39. The molecule has 4 nitrogen and oxygen atoms in total. The molecule has 4 heteroatoms. The van der Waals surface area contributed by atoms with Crippen molar-refractivity contribution in [2.24, 2.45) is 5.73 Å². The van der Waals surface area contributed by atoms with E-state index in [4.69, 9.17) is 10.3 Å². The summed E-state index contributed by atoms with van der Waals surface area (Å²) in [6.45, 7) is 1.85. The normalized spacial score (nSPS) is 19.2. The Labute approximate surface area is 106 Å². The molecule has 2 N–H and O–H groups in total. The van der Waals surface area contributed by atoms with Gasteiger partial charge in [-0.15, -0.1) is 0 Å². The summed E-state index contributed by atoms with van der Waals surface area (Å²) in [5.74, 6) is 1.31. The number of rotatable bonds is 3. The van der Waals surface area contributed by atoms with Crippen molar-refractivity contribution in [3.8, 4) is 0 Å². The molecule has 1 fully saturated rings. The standard InChI is InChI=1S/C14H17N3O/c1-10(15)12-16-13(17-18-12)14(8-5-9-14)11-6-3-2-4-7-11/h2-4,6-7,10H,5,8-9,15H2,1H3/t10-/m0/s1. The van der Waals surface area contributed by atoms with Crippen LogP contribution in [-0.4, -0.2) is 10.1 Å². The average molecular weight is 243 g/mol. The molecule has 0 bridgehead atoms. The van der Waals surface area contributed by atoms with E-state index >= 15 is 0 Å². The van der Waals surface area contributed by atoms with Gasteiger partial charge in [-0.1, -0.05) is 41.9 Å². The van der Waals surface area contributed by atoms with Gasteiger partial charge in [-0.3, -0.25) is 0 Å². The highest BCUT2D eigenvalue weighted by atomic mass is 16.5. The van der Waals surface area contributed by atoms with Crippen molar-refractivity contribution >= 4 is 0 Å². The maximum absolute atomic E-state index is 5.77. The van der Waals surface area contributed by atoms with Gasteiger partial charge in [0.15, 0.2) is 5.82 Å². The van der Waals surface area contributed by atoms with Crippen LogP contribution in [0.5, 0.6) is 0 Å². The molecule has 1 aliphatic rings. The van der Waals surface area contributed by atoms with E-state index in [-0.39, 0.29) is 11.5 Å². The van der Waals surface area contributed by atoms with Crippen LogP contribution in [0.15, 0.2) is 34.9 Å². The van der Waals surface area contributed by atoms with Gasteiger partial charge >= 0.3 is 0 Å². The van der Waals surface area contributed by atoms with Crippen molar-refractivity contribution in [2.45, 2.75) is 37.6 Å². The second-order valence-electron chi connectivity index (χ2n) is 5.05. The summed E-state index contributed by atoms with van der Waals surface area (Å²) < 4.78 is 5.24. The Morgan fingerprint density at radius 1 is 1.28 bits per heavy atom. The fourth-order valence-corrected chi connectivity index (χ4v) is 2.54. The first-order valence-corrected chi connectivity index (χ1v) is 6.37. The van der Waals surface area contributed by atoms with Gasteiger partial charge < -0.3 is 10.3 Å². The molecule has 0 radical (unpaired) electrons. The molecule has 1 aromatic heterocycles. The molecule has 2 aromatic rings. The van der Waals surface area contributed by atoms with Crippen LogP contribution in [0.4, 0.5) is 0 Å². The smallest absolute Gasteiger partial charge is 0.243 e. The lowest BCUT2D eigenvalue weighted by atomic mass is 9.64. The lowest BCUT2D eigenvalue weighted by molar-refractivity contribution is 0.270. The zero-order chi connectivity index (χ0) is 12.6. The molecule has 1 aliphatic carbocycles. The summed E-state index contributed by atoms with van der Waals surface area (Å²) in [6, 6.07) is 10.2. The average Bonchev–Trinajstić information content (AvgIpc) is 2.79. The molecule has 1 saturated carbocycles. The van der Waals surface area contributed by atoms with Gasteiger partial charge in [-0.2, -0.15) is 4.98 Å². The number of nitrogens with zero attached hydrogens (tertiary/aromatic N) is 2. The van der Waals surface area contributed by atoms with Gasteiger partial charge in [0.25, 0.3) is 0 Å². The quantitative estimate of drug-likeness (QED) is 0.899. The molecule has 0 spiro atoms. The van der Waals surface area contributed by atoms with Crippen LogP contribution in [0.25, 0.3) is 0 Å². The van der Waals surface area contributed by atoms with E-state index in [1.54, 1.807) is 0 Å². The van der Waals surface area contributed by atoms with Crippen molar-refractivity contribution in [2.75, 3.05) is 0 Å². The predicted molar refractivity (Wildman–Crippen MR) is 68.0 cm³/mol. The Balaban J connectivity index is 2.01. The maximum Gasteiger partial charge on any atom is 0.243 e. The largest absolute Gasteiger partial charge is 0.338 e. The number of aromatic nitrogens is 2. The molecule has 1 heterocycles. The Kier molecular flexibility index (Phi) is 2.67. The summed E-state index contributed by atoms with van der Waals surface area (Å²) in [5.41, 5.74) is 6.99. The highest BCUT2D eigenvalue weighted by Gasteiger charge is 2.44. The van der Waals surface area contributed by atoms with Crippen LogP contribution in [0, 0.1) is 0 Å². The first-order chi connectivity index (χ1) is 8.72. The molecule has 94 valence electrons. The van der Waals surface area contributed by atoms with Crippen LogP contribution >= 0.6 is 0 Å². The minimum atomic E-state index is -0.209. The van der Waals surface area contributed by atoms with Gasteiger partial charge in [0.1, 0.15) is 0 Å². The third-order valence-corrected chi connectivity index (χ3v) is 3.79. The van der Waals surface area contributed by atoms with Crippen LogP contribution < -0.4 is 5.73 Å². The van der Waals surface area contributed by atoms with E-state index in [1.165, 1.54) is 12.0 Å². The Hall–Kier alpha value is -1.68. The number of benzene rings is 1. The molecular weight excluding hydrogens is 226 g/mol. The molecule has 1 aromatic carbocycles. The van der Waals surface area contributed by atoms with Gasteiger partial charge in [0.05, 0.1) is 11.5 Å². The van der Waals surface area contributed by atoms with Gasteiger partial charge in [0.2, 0.25) is 5.89 Å². The van der Waals surface area contributed by atoms with Gasteiger partial charge in [-0.05, 0) is 25.3 Å². The minimum Gasteiger partial charge on any atom is -0.338 e. The van der Waals surface area contributed by atoms with Crippen molar-refractivity contribution < 1.29 is 4.52 Å². The second-order valence-corrected chi connectivity index (χ2v) is 5.05. The Morgan fingerprint density at radius 3 is 2.50 bits per heavy atom. The van der Waals surface area contributed by atoms with Crippen molar-refractivity contribution in [1.82, 2.24) is 10.1 Å². The second kappa shape index (κ2) is 4.21. The monoisotopic (exact) mass is 243 g/mol. The minimum absolute atomic E-state index is 0.0576. The van der Waals surface area contributed by atoms with Crippen molar-refractivity contribution in [3.63, 3.8) is 0 Å². The van der Waals surface area contributed by atoms with E-state index < -0.39 is 0 Å². The summed E-state index contributed by atoms with van der Waals surface area (Å²) in [7, 11) is 0. The SMILES string of the molecule is C[C@H](N)c1nc(C2(c3ccccc3)CCC2)no1. The van der Waals surface area contributed by atoms with Gasteiger partial charge in [0, 0.05) is 0 Å². The van der Waals surface area contributed by atoms with Crippen molar-refractivity contribution in [3.05, 3.63) is 47.6 Å². The lowest BCUT2D eigenvalue weighted by Crippen LogP contribution is -2.36. The van der Waals surface area contributed by atoms with E-state index in [9.17, 15) is 0 Å². The molecule has 18 heavy (non-hydrogen) atoms. The predicted octanol–water partition coefficient (Wildman–Crippen LogP) is 2.56. The fourth-order valence-electron chi connectivity index (χ4n) is 2.54. The van der Waals surface area contributed by atoms with Crippen LogP contribution in [0.3, 0.4) is 0 Å². The molecule has 0 aliphatic heterocycles. The van der Waals surface area contributed by atoms with E-state index in [0.29, 0.717) is 5.89 Å². The zero-order valence-corrected chi connectivity index (χ0v) is 10.5. The number of hydrogen-bond donors (Lipinski definition) is 1. The van der Waals surface area contributed by atoms with E-state index in [1.807, 2.05) is 13.0 Å². The Bertz CT molecular complexity index is 529. The highest BCUT2D eigenvalue weighted by molar-refractivity contribution is 5.35. The third-order valence-electron chi connectivity index (χ3n) is 3.79. The van der Waals surface area contributed by atoms with Gasteiger partial charge in [-0.25, -0.2) is 0 Å². The van der Waals surface area contributed by atoms with E-state index in [2.05, 4.69) is 34.4 Å². The summed E-state index contributed by atoms with van der Waals surface area (Å²) in [5, 5.41) is 4.14. The topological polar surface area (TPSA) is 64.9 Å². The first kappa shape index (κ1) is 11.4. The van der Waals surface area contributed by atoms with Crippen molar-refractivity contribution in [1.29, 1.82) is 0 Å². The fraction of sp³-hybridized carbons (Fsp3) is 0.429. The molecule has 0 unspecified atom stereocenters. The first-order valence-electron chi connectivity index (χ1n) is 6.37. The highest BCUT2D eigenvalue weighted by Crippen LogP contribution is 2.47. The molecule has 0 amide bonds.